The number of amides is 2. The van der Waals surface area contributed by atoms with Crippen molar-refractivity contribution < 1.29 is 14.3 Å². The number of hydrogen-bond donors (Lipinski definition) is 2. The summed E-state index contributed by atoms with van der Waals surface area (Å²) in [6.45, 7) is 7.18. The summed E-state index contributed by atoms with van der Waals surface area (Å²) >= 11 is 0. The first-order valence-electron chi connectivity index (χ1n) is 8.47. The predicted molar refractivity (Wildman–Crippen MR) is 94.2 cm³/mol. The van der Waals surface area contributed by atoms with Gasteiger partial charge in [0.2, 0.25) is 0 Å². The SMILES string of the molecule is COC(=O)c1cccc(NC(=O)NC[C@H](C)N2CCC[C@H](C)C2)c1. The van der Waals surface area contributed by atoms with Crippen LogP contribution in [0.25, 0.3) is 0 Å². The Bertz CT molecular complexity index is 576. The van der Waals surface area contributed by atoms with E-state index in [0.717, 1.165) is 19.0 Å². The first-order chi connectivity index (χ1) is 11.5. The lowest BCUT2D eigenvalue weighted by Crippen LogP contribution is -2.47. The molecule has 6 nitrogen and oxygen atoms in total. The van der Waals surface area contributed by atoms with E-state index in [2.05, 4.69) is 34.1 Å². The lowest BCUT2D eigenvalue weighted by atomic mass is 9.99. The molecule has 0 bridgehead atoms. The number of nitrogens with zero attached hydrogens (tertiary/aromatic N) is 1. The minimum absolute atomic E-state index is 0.270. The lowest BCUT2D eigenvalue weighted by molar-refractivity contribution is 0.0600. The van der Waals surface area contributed by atoms with E-state index >= 15 is 0 Å². The third-order valence-electron chi connectivity index (χ3n) is 4.41. The lowest BCUT2D eigenvalue weighted by Gasteiger charge is -2.35. The van der Waals surface area contributed by atoms with Crippen LogP contribution in [0.15, 0.2) is 24.3 Å². The fraction of sp³-hybridized carbons (Fsp3) is 0.556. The van der Waals surface area contributed by atoms with E-state index < -0.39 is 5.97 Å². The Morgan fingerprint density at radius 3 is 2.92 bits per heavy atom. The van der Waals surface area contributed by atoms with Crippen molar-refractivity contribution in [1.29, 1.82) is 0 Å². The topological polar surface area (TPSA) is 70.7 Å². The number of urea groups is 1. The molecule has 0 aliphatic carbocycles. The fourth-order valence-electron chi connectivity index (χ4n) is 3.01. The van der Waals surface area contributed by atoms with Crippen LogP contribution < -0.4 is 10.6 Å². The van der Waals surface area contributed by atoms with Gasteiger partial charge in [0.25, 0.3) is 0 Å². The molecule has 1 saturated heterocycles. The van der Waals surface area contributed by atoms with Crippen molar-refractivity contribution in [1.82, 2.24) is 10.2 Å². The Morgan fingerprint density at radius 1 is 1.42 bits per heavy atom. The van der Waals surface area contributed by atoms with Gasteiger partial charge in [0, 0.05) is 24.8 Å². The summed E-state index contributed by atoms with van der Waals surface area (Å²) in [4.78, 5) is 26.0. The molecule has 1 fully saturated rings. The molecule has 6 heteroatoms. The maximum Gasteiger partial charge on any atom is 0.337 e. The van der Waals surface area contributed by atoms with E-state index in [0.29, 0.717) is 23.8 Å². The normalized spacial score (nSPS) is 19.4. The Morgan fingerprint density at radius 2 is 2.21 bits per heavy atom. The molecule has 2 atom stereocenters. The van der Waals surface area contributed by atoms with Crippen LogP contribution in [0.3, 0.4) is 0 Å². The highest BCUT2D eigenvalue weighted by atomic mass is 16.5. The Balaban J connectivity index is 1.81. The Labute approximate surface area is 143 Å². The highest BCUT2D eigenvalue weighted by Gasteiger charge is 2.21. The molecule has 0 radical (unpaired) electrons. The molecular weight excluding hydrogens is 306 g/mol. The number of carbonyl (C=O) groups is 2. The molecule has 2 rings (SSSR count). The molecule has 132 valence electrons. The van der Waals surface area contributed by atoms with Gasteiger partial charge in [-0.15, -0.1) is 0 Å². The van der Waals surface area contributed by atoms with Gasteiger partial charge in [-0.3, -0.25) is 4.90 Å². The van der Waals surface area contributed by atoms with E-state index in [1.54, 1.807) is 24.3 Å². The number of benzene rings is 1. The maximum atomic E-state index is 12.1. The molecule has 1 aromatic carbocycles. The second kappa shape index (κ2) is 8.68. The zero-order valence-electron chi connectivity index (χ0n) is 14.7. The maximum absolute atomic E-state index is 12.1. The van der Waals surface area contributed by atoms with Gasteiger partial charge in [0.1, 0.15) is 0 Å². The smallest absolute Gasteiger partial charge is 0.337 e. The number of rotatable bonds is 5. The third-order valence-corrected chi connectivity index (χ3v) is 4.41. The highest BCUT2D eigenvalue weighted by molar-refractivity contribution is 5.93. The number of piperidine rings is 1. The van der Waals surface area contributed by atoms with Gasteiger partial charge < -0.3 is 15.4 Å². The summed E-state index contributed by atoms with van der Waals surface area (Å²) in [7, 11) is 1.33. The van der Waals surface area contributed by atoms with E-state index in [9.17, 15) is 9.59 Å². The monoisotopic (exact) mass is 333 g/mol. The molecule has 2 N–H and O–H groups in total. The number of esters is 1. The number of nitrogens with one attached hydrogen (secondary N) is 2. The number of carbonyl (C=O) groups excluding carboxylic acids is 2. The van der Waals surface area contributed by atoms with Gasteiger partial charge in [-0.05, 0) is 50.4 Å². The molecule has 1 aromatic rings. The second-order valence-corrected chi connectivity index (χ2v) is 6.50. The molecule has 0 saturated carbocycles. The van der Waals surface area contributed by atoms with E-state index in [-0.39, 0.29) is 6.03 Å². The van der Waals surface area contributed by atoms with Crippen LogP contribution in [0.2, 0.25) is 0 Å². The zero-order chi connectivity index (χ0) is 17.5. The second-order valence-electron chi connectivity index (χ2n) is 6.50. The standard InChI is InChI=1S/C18H27N3O3/c1-13-6-5-9-21(12-13)14(2)11-19-18(23)20-16-8-4-7-15(10-16)17(22)24-3/h4,7-8,10,13-14H,5-6,9,11-12H2,1-3H3,(H2,19,20,23)/t13-,14-/m0/s1. The molecule has 2 amide bonds. The van der Waals surface area contributed by atoms with Crippen molar-refractivity contribution in [3.63, 3.8) is 0 Å². The van der Waals surface area contributed by atoms with Gasteiger partial charge in [-0.25, -0.2) is 9.59 Å². The van der Waals surface area contributed by atoms with E-state index in [4.69, 9.17) is 0 Å². The molecule has 1 aliphatic rings. The van der Waals surface area contributed by atoms with Gasteiger partial charge in [0.05, 0.1) is 12.7 Å². The number of ether oxygens (including phenoxy) is 1. The fourth-order valence-corrected chi connectivity index (χ4v) is 3.01. The molecule has 1 aliphatic heterocycles. The zero-order valence-corrected chi connectivity index (χ0v) is 14.7. The molecule has 0 unspecified atom stereocenters. The Hall–Kier alpha value is -2.08. The van der Waals surface area contributed by atoms with Crippen LogP contribution in [0, 0.1) is 5.92 Å². The largest absolute Gasteiger partial charge is 0.465 e. The third kappa shape index (κ3) is 5.23. The average Bonchev–Trinajstić information content (AvgIpc) is 2.59. The van der Waals surface area contributed by atoms with Crippen LogP contribution in [0.5, 0.6) is 0 Å². The van der Waals surface area contributed by atoms with Gasteiger partial charge >= 0.3 is 12.0 Å². The number of methoxy groups -OCH3 is 1. The summed E-state index contributed by atoms with van der Waals surface area (Å²) in [5.41, 5.74) is 0.973. The van der Waals surface area contributed by atoms with Crippen LogP contribution in [0.4, 0.5) is 10.5 Å². The predicted octanol–water partition coefficient (Wildman–Crippen LogP) is 2.72. The van der Waals surface area contributed by atoms with Gasteiger partial charge in [0.15, 0.2) is 0 Å². The summed E-state index contributed by atoms with van der Waals surface area (Å²) in [5.74, 6) is 0.294. The number of likely N-dealkylation sites (tertiary alicyclic amines) is 1. The quantitative estimate of drug-likeness (QED) is 0.813. The van der Waals surface area contributed by atoms with Gasteiger partial charge in [-0.1, -0.05) is 13.0 Å². The summed E-state index contributed by atoms with van der Waals surface area (Å²) < 4.78 is 4.68. The molecule has 1 heterocycles. The molecule has 0 spiro atoms. The van der Waals surface area contributed by atoms with Crippen molar-refractivity contribution in [2.75, 3.05) is 32.1 Å². The first kappa shape index (κ1) is 18.3. The number of hydrogen-bond acceptors (Lipinski definition) is 4. The van der Waals surface area contributed by atoms with Crippen molar-refractivity contribution in [3.05, 3.63) is 29.8 Å². The molecule has 0 aromatic heterocycles. The average molecular weight is 333 g/mol. The van der Waals surface area contributed by atoms with Crippen molar-refractivity contribution in [3.8, 4) is 0 Å². The van der Waals surface area contributed by atoms with Crippen molar-refractivity contribution in [2.45, 2.75) is 32.7 Å². The number of anilines is 1. The van der Waals surface area contributed by atoms with Crippen LogP contribution >= 0.6 is 0 Å². The molecular formula is C18H27N3O3. The minimum atomic E-state index is -0.424. The van der Waals surface area contributed by atoms with E-state index in [1.807, 2.05) is 0 Å². The van der Waals surface area contributed by atoms with Crippen molar-refractivity contribution in [2.24, 2.45) is 5.92 Å². The van der Waals surface area contributed by atoms with E-state index in [1.165, 1.54) is 20.0 Å². The van der Waals surface area contributed by atoms with Crippen molar-refractivity contribution >= 4 is 17.7 Å². The summed E-state index contributed by atoms with van der Waals surface area (Å²) in [6, 6.07) is 6.73. The highest BCUT2D eigenvalue weighted by Crippen LogP contribution is 2.17. The van der Waals surface area contributed by atoms with Crippen LogP contribution in [-0.4, -0.2) is 49.7 Å². The Kier molecular flexibility index (Phi) is 6.61. The first-order valence-corrected chi connectivity index (χ1v) is 8.47. The molecule has 24 heavy (non-hydrogen) atoms. The van der Waals surface area contributed by atoms with Gasteiger partial charge in [-0.2, -0.15) is 0 Å². The van der Waals surface area contributed by atoms with Crippen LogP contribution in [-0.2, 0) is 4.74 Å². The summed E-state index contributed by atoms with van der Waals surface area (Å²) in [6.07, 6.45) is 2.51. The minimum Gasteiger partial charge on any atom is -0.465 e. The van der Waals surface area contributed by atoms with Crippen LogP contribution in [0.1, 0.15) is 37.0 Å². The summed E-state index contributed by atoms with van der Waals surface area (Å²) in [5, 5.41) is 5.65.